The molecule has 0 radical (unpaired) electrons. The van der Waals surface area contributed by atoms with E-state index in [1.54, 1.807) is 11.1 Å². The summed E-state index contributed by atoms with van der Waals surface area (Å²) >= 11 is 0. The molecule has 2 rings (SSSR count). The van der Waals surface area contributed by atoms with Crippen LogP contribution in [0.25, 0.3) is 0 Å². The van der Waals surface area contributed by atoms with Crippen LogP contribution in [0.3, 0.4) is 0 Å². The Bertz CT molecular complexity index is 450. The largest absolute Gasteiger partial charge is 0.444 e. The molecule has 1 saturated heterocycles. The number of carbonyl (C=O) groups excluding carboxylic acids is 1. The molecule has 0 aliphatic carbocycles. The van der Waals surface area contributed by atoms with Gasteiger partial charge in [-0.1, -0.05) is 5.16 Å². The number of hydrogen-bond acceptors (Lipinski definition) is 5. The van der Waals surface area contributed by atoms with Crippen LogP contribution in [0.5, 0.6) is 0 Å². The molecule has 6 heteroatoms. The van der Waals surface area contributed by atoms with Crippen molar-refractivity contribution in [1.29, 1.82) is 0 Å². The number of nitrogens with zero attached hydrogens (tertiary/aromatic N) is 2. The second-order valence-corrected chi connectivity index (χ2v) is 5.83. The Morgan fingerprint density at radius 2 is 2.37 bits per heavy atom. The van der Waals surface area contributed by atoms with Crippen molar-refractivity contribution in [2.24, 2.45) is 5.73 Å². The lowest BCUT2D eigenvalue weighted by Gasteiger charge is -2.24. The maximum Gasteiger partial charge on any atom is 0.410 e. The number of likely N-dealkylation sites (tertiary alicyclic amines) is 1. The van der Waals surface area contributed by atoms with Crippen LogP contribution >= 0.6 is 0 Å². The summed E-state index contributed by atoms with van der Waals surface area (Å²) in [5.41, 5.74) is 6.08. The van der Waals surface area contributed by atoms with E-state index in [0.717, 1.165) is 17.7 Å². The highest BCUT2D eigenvalue weighted by atomic mass is 16.6. The summed E-state index contributed by atoms with van der Waals surface area (Å²) in [5, 5.41) is 3.78. The minimum Gasteiger partial charge on any atom is -0.444 e. The Hall–Kier alpha value is -1.56. The van der Waals surface area contributed by atoms with E-state index in [0.29, 0.717) is 19.6 Å². The number of ether oxygens (including phenoxy) is 1. The molecule has 0 aromatic carbocycles. The summed E-state index contributed by atoms with van der Waals surface area (Å²) in [6, 6.07) is 0. The van der Waals surface area contributed by atoms with Crippen molar-refractivity contribution in [3.8, 4) is 0 Å². The molecule has 0 spiro atoms. The van der Waals surface area contributed by atoms with Crippen LogP contribution in [0.1, 0.15) is 44.4 Å². The summed E-state index contributed by atoms with van der Waals surface area (Å²) in [6.07, 6.45) is 2.22. The fraction of sp³-hybridized carbons (Fsp3) is 0.692. The molecule has 2 heterocycles. The van der Waals surface area contributed by atoms with Gasteiger partial charge in [-0.25, -0.2) is 4.79 Å². The van der Waals surface area contributed by atoms with E-state index in [1.165, 1.54) is 0 Å². The Morgan fingerprint density at radius 3 is 3.00 bits per heavy atom. The van der Waals surface area contributed by atoms with Gasteiger partial charge in [0.2, 0.25) is 0 Å². The molecule has 1 aromatic heterocycles. The van der Waals surface area contributed by atoms with Gasteiger partial charge < -0.3 is 19.9 Å². The molecule has 0 bridgehead atoms. The van der Waals surface area contributed by atoms with Crippen molar-refractivity contribution in [3.63, 3.8) is 0 Å². The van der Waals surface area contributed by atoms with Gasteiger partial charge in [-0.15, -0.1) is 0 Å². The first-order valence-corrected chi connectivity index (χ1v) is 6.52. The third-order valence-electron chi connectivity index (χ3n) is 3.11. The van der Waals surface area contributed by atoms with Gasteiger partial charge in [0.1, 0.15) is 11.4 Å². The maximum absolute atomic E-state index is 12.0. The zero-order valence-corrected chi connectivity index (χ0v) is 11.7. The van der Waals surface area contributed by atoms with E-state index in [4.69, 9.17) is 15.0 Å². The third kappa shape index (κ3) is 3.26. The summed E-state index contributed by atoms with van der Waals surface area (Å²) in [5.74, 6) is 0.960. The quantitative estimate of drug-likeness (QED) is 0.884. The molecular formula is C13H21N3O3. The second kappa shape index (κ2) is 5.21. The van der Waals surface area contributed by atoms with E-state index in [-0.39, 0.29) is 12.0 Å². The van der Waals surface area contributed by atoms with Gasteiger partial charge >= 0.3 is 6.09 Å². The van der Waals surface area contributed by atoms with E-state index in [1.807, 2.05) is 20.8 Å². The Labute approximate surface area is 112 Å². The Morgan fingerprint density at radius 1 is 1.63 bits per heavy atom. The van der Waals surface area contributed by atoms with Crippen LogP contribution in [0.2, 0.25) is 0 Å². The molecule has 1 aromatic rings. The lowest BCUT2D eigenvalue weighted by Crippen LogP contribution is -2.35. The minimum absolute atomic E-state index is 0.161. The molecule has 6 nitrogen and oxygen atoms in total. The zero-order chi connectivity index (χ0) is 14.0. The van der Waals surface area contributed by atoms with Gasteiger partial charge in [-0.05, 0) is 27.2 Å². The predicted octanol–water partition coefficient (Wildman–Crippen LogP) is 1.86. The van der Waals surface area contributed by atoms with Crippen LogP contribution < -0.4 is 5.73 Å². The van der Waals surface area contributed by atoms with E-state index >= 15 is 0 Å². The first kappa shape index (κ1) is 13.9. The first-order valence-electron chi connectivity index (χ1n) is 6.52. The molecule has 1 atom stereocenters. The number of hydrogen-bond donors (Lipinski definition) is 1. The summed E-state index contributed by atoms with van der Waals surface area (Å²) in [7, 11) is 0. The van der Waals surface area contributed by atoms with Gasteiger partial charge in [0.05, 0.1) is 6.20 Å². The van der Waals surface area contributed by atoms with Gasteiger partial charge in [-0.3, -0.25) is 0 Å². The maximum atomic E-state index is 12.0. The van der Waals surface area contributed by atoms with Gasteiger partial charge in [0, 0.05) is 31.1 Å². The highest BCUT2D eigenvalue weighted by molar-refractivity contribution is 5.68. The van der Waals surface area contributed by atoms with Gasteiger partial charge in [-0.2, -0.15) is 0 Å². The fourth-order valence-electron chi connectivity index (χ4n) is 2.23. The van der Waals surface area contributed by atoms with Crippen LogP contribution in [-0.4, -0.2) is 34.8 Å². The molecule has 2 N–H and O–H groups in total. The van der Waals surface area contributed by atoms with Gasteiger partial charge in [0.25, 0.3) is 0 Å². The molecule has 106 valence electrons. The highest BCUT2D eigenvalue weighted by Crippen LogP contribution is 2.30. The first-order chi connectivity index (χ1) is 8.90. The van der Waals surface area contributed by atoms with Crippen LogP contribution in [0, 0.1) is 0 Å². The van der Waals surface area contributed by atoms with Crippen molar-refractivity contribution in [2.75, 3.05) is 13.1 Å². The normalized spacial score (nSPS) is 19.8. The van der Waals surface area contributed by atoms with Crippen molar-refractivity contribution >= 4 is 6.09 Å². The van der Waals surface area contributed by atoms with Gasteiger partial charge in [0.15, 0.2) is 0 Å². The standard InChI is InChI=1S/C13H21N3O3/c1-13(2,3)18-12(17)16-5-4-9(8-16)11-10(6-14)7-15-19-11/h7,9H,4-6,8,14H2,1-3H3. The number of nitrogens with two attached hydrogens (primary N) is 1. The highest BCUT2D eigenvalue weighted by Gasteiger charge is 2.33. The smallest absolute Gasteiger partial charge is 0.410 e. The van der Waals surface area contributed by atoms with Crippen LogP contribution in [0.4, 0.5) is 4.79 Å². The monoisotopic (exact) mass is 267 g/mol. The Balaban J connectivity index is 1.98. The zero-order valence-electron chi connectivity index (χ0n) is 11.7. The van der Waals surface area contributed by atoms with Crippen molar-refractivity contribution < 1.29 is 14.1 Å². The van der Waals surface area contributed by atoms with Crippen LogP contribution in [0.15, 0.2) is 10.7 Å². The topological polar surface area (TPSA) is 81.6 Å². The minimum atomic E-state index is -0.468. The summed E-state index contributed by atoms with van der Waals surface area (Å²) in [4.78, 5) is 13.7. The molecule has 1 unspecified atom stereocenters. The van der Waals surface area contributed by atoms with E-state index in [9.17, 15) is 4.79 Å². The molecular weight excluding hydrogens is 246 g/mol. The summed E-state index contributed by atoms with van der Waals surface area (Å²) < 4.78 is 10.6. The number of aromatic nitrogens is 1. The number of rotatable bonds is 2. The second-order valence-electron chi connectivity index (χ2n) is 5.83. The van der Waals surface area contributed by atoms with E-state index in [2.05, 4.69) is 5.16 Å². The average molecular weight is 267 g/mol. The lowest BCUT2D eigenvalue weighted by atomic mass is 10.0. The number of amides is 1. The van der Waals surface area contributed by atoms with Crippen molar-refractivity contribution in [2.45, 2.75) is 45.3 Å². The predicted molar refractivity (Wildman–Crippen MR) is 69.6 cm³/mol. The average Bonchev–Trinajstić information content (AvgIpc) is 2.95. The number of carbonyl (C=O) groups is 1. The van der Waals surface area contributed by atoms with Crippen LogP contribution in [-0.2, 0) is 11.3 Å². The van der Waals surface area contributed by atoms with Crippen molar-refractivity contribution in [1.82, 2.24) is 10.1 Å². The SMILES string of the molecule is CC(C)(C)OC(=O)N1CCC(c2oncc2CN)C1. The fourth-order valence-corrected chi connectivity index (χ4v) is 2.23. The molecule has 19 heavy (non-hydrogen) atoms. The molecule has 0 saturated carbocycles. The summed E-state index contributed by atoms with van der Waals surface area (Å²) in [6.45, 7) is 7.26. The Kier molecular flexibility index (Phi) is 3.80. The lowest BCUT2D eigenvalue weighted by molar-refractivity contribution is 0.0291. The van der Waals surface area contributed by atoms with E-state index < -0.39 is 5.60 Å². The van der Waals surface area contributed by atoms with Crippen molar-refractivity contribution in [3.05, 3.63) is 17.5 Å². The molecule has 1 amide bonds. The molecule has 1 fully saturated rings. The molecule has 1 aliphatic heterocycles. The molecule has 1 aliphatic rings. The third-order valence-corrected chi connectivity index (χ3v) is 3.11.